The summed E-state index contributed by atoms with van der Waals surface area (Å²) in [6.45, 7) is 0.127. The number of nitrogens with zero attached hydrogens (tertiary/aromatic N) is 2. The summed E-state index contributed by atoms with van der Waals surface area (Å²) < 4.78 is 56.9. The zero-order valence-corrected chi connectivity index (χ0v) is 18.1. The normalized spacial score (nSPS) is 12.5. The molecule has 0 radical (unpaired) electrons. The Kier molecular flexibility index (Phi) is 5.27. The first-order valence-corrected chi connectivity index (χ1v) is 10.6. The quantitative estimate of drug-likeness (QED) is 0.589. The molecule has 0 saturated heterocycles. The number of nitrogens with one attached hydrogen (secondary N) is 1. The van der Waals surface area contributed by atoms with Gasteiger partial charge in [0.25, 0.3) is 10.0 Å². The lowest BCUT2D eigenvalue weighted by Gasteiger charge is -2.13. The lowest BCUT2D eigenvalue weighted by molar-refractivity contribution is 0.174. The van der Waals surface area contributed by atoms with Gasteiger partial charge in [-0.25, -0.2) is 13.1 Å². The molecule has 10 nitrogen and oxygen atoms in total. The molecule has 3 aromatic rings. The van der Waals surface area contributed by atoms with Crippen LogP contribution in [0.5, 0.6) is 28.9 Å². The third-order valence-electron chi connectivity index (χ3n) is 4.77. The Morgan fingerprint density at radius 2 is 1.71 bits per heavy atom. The molecule has 0 fully saturated rings. The lowest BCUT2D eigenvalue weighted by atomic mass is 10.1. The van der Waals surface area contributed by atoms with Gasteiger partial charge < -0.3 is 23.7 Å². The predicted molar refractivity (Wildman–Crippen MR) is 112 cm³/mol. The minimum absolute atomic E-state index is 0.00181. The first-order valence-electron chi connectivity index (χ1n) is 9.13. The summed E-state index contributed by atoms with van der Waals surface area (Å²) in [6.07, 6.45) is 0. The fraction of sp³-hybridized carbons (Fsp3) is 0.250. The second-order valence-corrected chi connectivity index (χ2v) is 8.23. The van der Waals surface area contributed by atoms with Crippen LogP contribution >= 0.6 is 0 Å². The second-order valence-electron chi connectivity index (χ2n) is 6.55. The van der Waals surface area contributed by atoms with Gasteiger partial charge in [-0.3, -0.25) is 4.72 Å². The molecule has 1 aliphatic heterocycles. The van der Waals surface area contributed by atoms with E-state index in [1.54, 1.807) is 25.2 Å². The van der Waals surface area contributed by atoms with Gasteiger partial charge in [0, 0.05) is 13.1 Å². The molecule has 1 aromatic heterocycles. The topological polar surface area (TPSA) is 110 Å². The van der Waals surface area contributed by atoms with Crippen LogP contribution in [0.15, 0.2) is 41.3 Å². The standard InChI is InChI=1S/C20H21N3O7S/c1-23-19(22-31(24,25)13-6-8-14(26-2)16(10-13)27-3)18(20(21-23)28-4)12-5-7-15-17(9-12)30-11-29-15/h5-10,22H,11H2,1-4H3. The van der Waals surface area contributed by atoms with E-state index in [1.165, 1.54) is 44.2 Å². The van der Waals surface area contributed by atoms with Gasteiger partial charge in [0.15, 0.2) is 23.0 Å². The second kappa shape index (κ2) is 7.91. The highest BCUT2D eigenvalue weighted by Gasteiger charge is 2.26. The van der Waals surface area contributed by atoms with Crippen molar-refractivity contribution in [1.29, 1.82) is 0 Å². The van der Waals surface area contributed by atoms with Crippen LogP contribution in [0.4, 0.5) is 5.82 Å². The zero-order valence-electron chi connectivity index (χ0n) is 17.3. The Morgan fingerprint density at radius 1 is 0.968 bits per heavy atom. The fourth-order valence-corrected chi connectivity index (χ4v) is 4.36. The highest BCUT2D eigenvalue weighted by molar-refractivity contribution is 7.92. The van der Waals surface area contributed by atoms with Crippen molar-refractivity contribution in [3.05, 3.63) is 36.4 Å². The molecule has 0 atom stereocenters. The minimum Gasteiger partial charge on any atom is -0.493 e. The molecule has 11 heteroatoms. The van der Waals surface area contributed by atoms with E-state index < -0.39 is 10.0 Å². The van der Waals surface area contributed by atoms with E-state index in [0.29, 0.717) is 34.1 Å². The van der Waals surface area contributed by atoms with E-state index in [1.807, 2.05) is 0 Å². The Morgan fingerprint density at radius 3 is 2.42 bits per heavy atom. The highest BCUT2D eigenvalue weighted by Crippen LogP contribution is 2.42. The average molecular weight is 447 g/mol. The molecule has 0 aliphatic carbocycles. The molecule has 0 saturated carbocycles. The molecule has 1 N–H and O–H groups in total. The van der Waals surface area contributed by atoms with Crippen molar-refractivity contribution in [2.24, 2.45) is 7.05 Å². The van der Waals surface area contributed by atoms with Crippen LogP contribution in [-0.4, -0.2) is 46.3 Å². The van der Waals surface area contributed by atoms with Crippen LogP contribution in [0.2, 0.25) is 0 Å². The number of anilines is 1. The van der Waals surface area contributed by atoms with E-state index in [-0.39, 0.29) is 23.4 Å². The summed E-state index contributed by atoms with van der Waals surface area (Å²) in [5, 5.41) is 4.29. The van der Waals surface area contributed by atoms with Crippen LogP contribution in [0, 0.1) is 0 Å². The zero-order chi connectivity index (χ0) is 22.2. The van der Waals surface area contributed by atoms with Crippen molar-refractivity contribution in [3.8, 4) is 40.0 Å². The fourth-order valence-electron chi connectivity index (χ4n) is 3.24. The number of aromatic nitrogens is 2. The van der Waals surface area contributed by atoms with Gasteiger partial charge in [0.2, 0.25) is 12.7 Å². The van der Waals surface area contributed by atoms with Crippen LogP contribution in [0.25, 0.3) is 11.1 Å². The van der Waals surface area contributed by atoms with E-state index >= 15 is 0 Å². The van der Waals surface area contributed by atoms with Crippen LogP contribution in [0.3, 0.4) is 0 Å². The number of benzene rings is 2. The number of methoxy groups -OCH3 is 3. The Bertz CT molecular complexity index is 1240. The third kappa shape index (κ3) is 3.67. The summed E-state index contributed by atoms with van der Waals surface area (Å²) >= 11 is 0. The molecule has 0 amide bonds. The maximum absolute atomic E-state index is 13.2. The molecule has 4 rings (SSSR count). The smallest absolute Gasteiger partial charge is 0.263 e. The first-order chi connectivity index (χ1) is 14.9. The van der Waals surface area contributed by atoms with Crippen molar-refractivity contribution in [1.82, 2.24) is 9.78 Å². The Labute approximate surface area is 179 Å². The lowest BCUT2D eigenvalue weighted by Crippen LogP contribution is -2.16. The van der Waals surface area contributed by atoms with E-state index in [2.05, 4.69) is 9.82 Å². The van der Waals surface area contributed by atoms with Crippen molar-refractivity contribution in [3.63, 3.8) is 0 Å². The number of fused-ring (bicyclic) bond motifs is 1. The third-order valence-corrected chi connectivity index (χ3v) is 6.10. The predicted octanol–water partition coefficient (Wildman–Crippen LogP) is 2.64. The molecule has 2 aromatic carbocycles. The maximum atomic E-state index is 13.2. The number of ether oxygens (including phenoxy) is 5. The largest absolute Gasteiger partial charge is 0.493 e. The van der Waals surface area contributed by atoms with Crippen molar-refractivity contribution >= 4 is 15.8 Å². The van der Waals surface area contributed by atoms with Gasteiger partial charge in [-0.15, -0.1) is 5.10 Å². The van der Waals surface area contributed by atoms with Gasteiger partial charge in [0.1, 0.15) is 5.82 Å². The first kappa shape index (κ1) is 20.7. The average Bonchev–Trinajstić information content (AvgIpc) is 3.36. The van der Waals surface area contributed by atoms with E-state index in [0.717, 1.165) is 0 Å². The molecular formula is C20H21N3O7S. The van der Waals surface area contributed by atoms with Gasteiger partial charge in [-0.05, 0) is 29.8 Å². The maximum Gasteiger partial charge on any atom is 0.263 e. The number of sulfonamides is 1. The molecule has 0 bridgehead atoms. The van der Waals surface area contributed by atoms with Crippen molar-refractivity contribution in [2.45, 2.75) is 4.90 Å². The molecule has 2 heterocycles. The highest BCUT2D eigenvalue weighted by atomic mass is 32.2. The Hall–Kier alpha value is -3.60. The summed E-state index contributed by atoms with van der Waals surface area (Å²) in [5.74, 6) is 2.36. The van der Waals surface area contributed by atoms with Crippen molar-refractivity contribution < 1.29 is 32.1 Å². The molecule has 31 heavy (non-hydrogen) atoms. The van der Waals surface area contributed by atoms with E-state index in [9.17, 15) is 8.42 Å². The molecular weight excluding hydrogens is 426 g/mol. The summed E-state index contributed by atoms with van der Waals surface area (Å²) in [7, 11) is 2.00. The molecule has 0 unspecified atom stereocenters. The summed E-state index contributed by atoms with van der Waals surface area (Å²) in [6, 6.07) is 9.61. The number of hydrogen-bond acceptors (Lipinski definition) is 8. The number of hydrogen-bond donors (Lipinski definition) is 1. The van der Waals surface area contributed by atoms with E-state index in [4.69, 9.17) is 23.7 Å². The minimum atomic E-state index is -3.99. The van der Waals surface area contributed by atoms with Crippen LogP contribution in [-0.2, 0) is 17.1 Å². The summed E-state index contributed by atoms with van der Waals surface area (Å²) in [4.78, 5) is 0.00181. The molecule has 164 valence electrons. The Balaban J connectivity index is 1.78. The monoisotopic (exact) mass is 447 g/mol. The van der Waals surface area contributed by atoms with Crippen LogP contribution in [0.1, 0.15) is 0 Å². The van der Waals surface area contributed by atoms with Gasteiger partial charge in [-0.1, -0.05) is 6.07 Å². The number of aryl methyl sites for hydroxylation is 1. The van der Waals surface area contributed by atoms with Gasteiger partial charge in [0.05, 0.1) is 31.8 Å². The SMILES string of the molecule is COc1ccc(S(=O)(=O)Nc2c(-c3ccc4c(c3)OCO4)c(OC)nn2C)cc1OC. The molecule has 1 aliphatic rings. The van der Waals surface area contributed by atoms with Gasteiger partial charge in [-0.2, -0.15) is 0 Å². The van der Waals surface area contributed by atoms with Gasteiger partial charge >= 0.3 is 0 Å². The van der Waals surface area contributed by atoms with Crippen LogP contribution < -0.4 is 28.4 Å². The summed E-state index contributed by atoms with van der Waals surface area (Å²) in [5.41, 5.74) is 1.12. The molecule has 0 spiro atoms. The van der Waals surface area contributed by atoms with Crippen molar-refractivity contribution in [2.75, 3.05) is 32.8 Å². The number of rotatable bonds is 7.